The summed E-state index contributed by atoms with van der Waals surface area (Å²) in [5.74, 6) is -1.45. The monoisotopic (exact) mass is 196 g/mol. The first-order chi connectivity index (χ1) is 6.51. The predicted molar refractivity (Wildman–Crippen MR) is 49.2 cm³/mol. The molecule has 0 radical (unpaired) electrons. The molecule has 0 spiro atoms. The number of allylic oxidation sites excluding steroid dienone is 1. The van der Waals surface area contributed by atoms with Crippen LogP contribution in [-0.4, -0.2) is 18.0 Å². The summed E-state index contributed by atoms with van der Waals surface area (Å²) in [7, 11) is 0. The van der Waals surface area contributed by atoms with E-state index in [-0.39, 0.29) is 5.97 Å². The van der Waals surface area contributed by atoms with Crippen molar-refractivity contribution in [2.24, 2.45) is 0 Å². The first kappa shape index (κ1) is 10.5. The summed E-state index contributed by atoms with van der Waals surface area (Å²) in [6.07, 6.45) is 2.99. The van der Waals surface area contributed by atoms with E-state index in [1.165, 1.54) is 12.3 Å². The Morgan fingerprint density at radius 3 is 2.50 bits per heavy atom. The molecule has 1 atom stereocenters. The van der Waals surface area contributed by atoms with E-state index in [0.717, 1.165) is 5.57 Å². The number of carbonyl (C=O) groups is 2. The van der Waals surface area contributed by atoms with Gasteiger partial charge in [-0.15, -0.1) is 0 Å². The van der Waals surface area contributed by atoms with Crippen LogP contribution in [-0.2, 0) is 19.1 Å². The highest BCUT2D eigenvalue weighted by Gasteiger charge is 2.41. The molecular weight excluding hydrogens is 184 g/mol. The van der Waals surface area contributed by atoms with Crippen LogP contribution in [0.4, 0.5) is 0 Å². The van der Waals surface area contributed by atoms with Gasteiger partial charge in [-0.2, -0.15) is 0 Å². The SMILES string of the molecule is CC1=C(C)[C@](C)(O/C=C/C=O)OC1=O. The lowest BCUT2D eigenvalue weighted by atomic mass is 10.1. The average Bonchev–Trinajstić information content (AvgIpc) is 2.32. The fraction of sp³-hybridized carbons (Fsp3) is 0.400. The smallest absolute Gasteiger partial charge is 0.337 e. The summed E-state index contributed by atoms with van der Waals surface area (Å²) in [6, 6.07) is 0. The number of ether oxygens (including phenoxy) is 2. The highest BCUT2D eigenvalue weighted by Crippen LogP contribution is 2.33. The maximum Gasteiger partial charge on any atom is 0.337 e. The van der Waals surface area contributed by atoms with E-state index in [4.69, 9.17) is 9.47 Å². The van der Waals surface area contributed by atoms with Crippen LogP contribution >= 0.6 is 0 Å². The third-order valence-electron chi connectivity index (χ3n) is 2.29. The van der Waals surface area contributed by atoms with Crippen molar-refractivity contribution in [3.05, 3.63) is 23.5 Å². The van der Waals surface area contributed by atoms with Gasteiger partial charge in [-0.25, -0.2) is 4.79 Å². The van der Waals surface area contributed by atoms with Crippen molar-refractivity contribution >= 4 is 12.3 Å². The number of cyclic esters (lactones) is 1. The Labute approximate surface area is 82.2 Å². The molecule has 1 heterocycles. The molecule has 0 unspecified atom stereocenters. The molecule has 0 aliphatic carbocycles. The second-order valence-electron chi connectivity index (χ2n) is 3.17. The normalized spacial score (nSPS) is 26.9. The second-order valence-corrected chi connectivity index (χ2v) is 3.17. The molecule has 0 saturated carbocycles. The zero-order valence-electron chi connectivity index (χ0n) is 8.37. The van der Waals surface area contributed by atoms with Crippen molar-refractivity contribution in [2.45, 2.75) is 26.6 Å². The van der Waals surface area contributed by atoms with Gasteiger partial charge in [0.05, 0.1) is 6.26 Å². The molecule has 0 N–H and O–H groups in total. The quantitative estimate of drug-likeness (QED) is 0.296. The second kappa shape index (κ2) is 3.65. The largest absolute Gasteiger partial charge is 0.456 e. The van der Waals surface area contributed by atoms with Crippen molar-refractivity contribution < 1.29 is 19.1 Å². The van der Waals surface area contributed by atoms with Crippen LogP contribution in [0.25, 0.3) is 0 Å². The summed E-state index contributed by atoms with van der Waals surface area (Å²) < 4.78 is 10.2. The highest BCUT2D eigenvalue weighted by atomic mass is 16.7. The van der Waals surface area contributed by atoms with Gasteiger partial charge in [0, 0.05) is 24.1 Å². The van der Waals surface area contributed by atoms with Gasteiger partial charge < -0.3 is 9.47 Å². The van der Waals surface area contributed by atoms with Gasteiger partial charge in [0.2, 0.25) is 0 Å². The minimum Gasteiger partial charge on any atom is -0.456 e. The van der Waals surface area contributed by atoms with E-state index in [9.17, 15) is 9.59 Å². The molecule has 0 bridgehead atoms. The van der Waals surface area contributed by atoms with E-state index in [2.05, 4.69) is 0 Å². The molecule has 1 aliphatic heterocycles. The number of rotatable bonds is 3. The molecule has 0 saturated heterocycles. The van der Waals surface area contributed by atoms with Crippen molar-refractivity contribution in [3.8, 4) is 0 Å². The fourth-order valence-corrected chi connectivity index (χ4v) is 1.14. The minimum absolute atomic E-state index is 0.385. The van der Waals surface area contributed by atoms with Gasteiger partial charge in [0.1, 0.15) is 6.29 Å². The first-order valence-corrected chi connectivity index (χ1v) is 4.20. The van der Waals surface area contributed by atoms with Gasteiger partial charge in [0.15, 0.2) is 0 Å². The lowest BCUT2D eigenvalue weighted by Crippen LogP contribution is -2.28. The number of carbonyl (C=O) groups excluding carboxylic acids is 2. The van der Waals surface area contributed by atoms with Crippen LogP contribution in [0.3, 0.4) is 0 Å². The molecule has 4 heteroatoms. The molecule has 0 aromatic rings. The predicted octanol–water partition coefficient (Wildman–Crippen LogP) is 1.33. The van der Waals surface area contributed by atoms with E-state index >= 15 is 0 Å². The van der Waals surface area contributed by atoms with E-state index in [1.807, 2.05) is 0 Å². The number of aldehydes is 1. The molecule has 14 heavy (non-hydrogen) atoms. The van der Waals surface area contributed by atoms with Crippen molar-refractivity contribution in [3.63, 3.8) is 0 Å². The molecule has 0 aromatic carbocycles. The van der Waals surface area contributed by atoms with Gasteiger partial charge in [-0.1, -0.05) is 0 Å². The third-order valence-corrected chi connectivity index (χ3v) is 2.29. The highest BCUT2D eigenvalue weighted by molar-refractivity contribution is 5.91. The molecule has 0 aromatic heterocycles. The lowest BCUT2D eigenvalue weighted by molar-refractivity contribution is -0.177. The summed E-state index contributed by atoms with van der Waals surface area (Å²) >= 11 is 0. The summed E-state index contributed by atoms with van der Waals surface area (Å²) in [4.78, 5) is 21.2. The maximum absolute atomic E-state index is 11.2. The van der Waals surface area contributed by atoms with Crippen LogP contribution in [0, 0.1) is 0 Å². The maximum atomic E-state index is 11.2. The topological polar surface area (TPSA) is 52.6 Å². The van der Waals surface area contributed by atoms with Crippen LogP contribution < -0.4 is 0 Å². The summed E-state index contributed by atoms with van der Waals surface area (Å²) in [5, 5.41) is 0. The van der Waals surface area contributed by atoms with E-state index in [0.29, 0.717) is 11.9 Å². The number of hydrogen-bond acceptors (Lipinski definition) is 4. The van der Waals surface area contributed by atoms with Gasteiger partial charge in [-0.3, -0.25) is 4.79 Å². The zero-order chi connectivity index (χ0) is 10.8. The van der Waals surface area contributed by atoms with E-state index < -0.39 is 5.79 Å². The molecule has 0 fully saturated rings. The summed E-state index contributed by atoms with van der Waals surface area (Å²) in [6.45, 7) is 5.07. The van der Waals surface area contributed by atoms with Crippen LogP contribution in [0.15, 0.2) is 23.5 Å². The van der Waals surface area contributed by atoms with Crippen LogP contribution in [0.2, 0.25) is 0 Å². The van der Waals surface area contributed by atoms with Crippen molar-refractivity contribution in [1.82, 2.24) is 0 Å². The number of hydrogen-bond donors (Lipinski definition) is 0. The lowest BCUT2D eigenvalue weighted by Gasteiger charge is -2.23. The number of esters is 1. The van der Waals surface area contributed by atoms with Crippen molar-refractivity contribution in [1.29, 1.82) is 0 Å². The fourth-order valence-electron chi connectivity index (χ4n) is 1.14. The van der Waals surface area contributed by atoms with Gasteiger partial charge in [-0.05, 0) is 13.8 Å². The zero-order valence-corrected chi connectivity index (χ0v) is 8.37. The molecule has 76 valence electrons. The average molecular weight is 196 g/mol. The van der Waals surface area contributed by atoms with E-state index in [1.54, 1.807) is 20.8 Å². The molecule has 1 rings (SSSR count). The van der Waals surface area contributed by atoms with Crippen LogP contribution in [0.5, 0.6) is 0 Å². The molecular formula is C10H12O4. The minimum atomic E-state index is -1.07. The van der Waals surface area contributed by atoms with Gasteiger partial charge in [0.25, 0.3) is 5.79 Å². The van der Waals surface area contributed by atoms with Gasteiger partial charge >= 0.3 is 5.97 Å². The molecule has 0 amide bonds. The third kappa shape index (κ3) is 1.69. The first-order valence-electron chi connectivity index (χ1n) is 4.20. The Balaban J connectivity index is 2.83. The Hall–Kier alpha value is -1.58. The Morgan fingerprint density at radius 1 is 1.43 bits per heavy atom. The Bertz CT molecular complexity index is 327. The molecule has 1 aliphatic rings. The Kier molecular flexibility index (Phi) is 2.74. The molecule has 4 nitrogen and oxygen atoms in total. The Morgan fingerprint density at radius 2 is 2.07 bits per heavy atom. The van der Waals surface area contributed by atoms with Crippen molar-refractivity contribution in [2.75, 3.05) is 0 Å². The standard InChI is InChI=1S/C10H12O4/c1-7-8(2)10(3,14-9(7)12)13-6-4-5-11/h4-6H,1-3H3/b6-4+/t10-/m1/s1. The van der Waals surface area contributed by atoms with Crippen LogP contribution in [0.1, 0.15) is 20.8 Å². The summed E-state index contributed by atoms with van der Waals surface area (Å²) in [5.41, 5.74) is 1.27.